The van der Waals surface area contributed by atoms with Crippen molar-refractivity contribution in [3.05, 3.63) is 11.6 Å². The minimum Gasteiger partial charge on any atom is -0.465 e. The van der Waals surface area contributed by atoms with Gasteiger partial charge in [-0.3, -0.25) is 4.79 Å². The van der Waals surface area contributed by atoms with E-state index in [1.54, 1.807) is 0 Å². The van der Waals surface area contributed by atoms with E-state index < -0.39 is 66.5 Å². The highest BCUT2D eigenvalue weighted by Gasteiger charge is 2.66. The number of alkyl halides is 6. The van der Waals surface area contributed by atoms with E-state index in [1.807, 2.05) is 0 Å². The highest BCUT2D eigenvalue weighted by Crippen LogP contribution is 2.49. The number of carbonyl (C=O) groups is 1. The molecule has 1 aliphatic carbocycles. The summed E-state index contributed by atoms with van der Waals surface area (Å²) >= 11 is 0. The van der Waals surface area contributed by atoms with Crippen molar-refractivity contribution in [1.29, 1.82) is 0 Å². The fourth-order valence-electron chi connectivity index (χ4n) is 3.32. The first kappa shape index (κ1) is 26.7. The summed E-state index contributed by atoms with van der Waals surface area (Å²) in [7, 11) is 0. The van der Waals surface area contributed by atoms with E-state index in [2.05, 4.69) is 4.74 Å². The van der Waals surface area contributed by atoms with Crippen LogP contribution in [0.4, 0.5) is 26.3 Å². The summed E-state index contributed by atoms with van der Waals surface area (Å²) in [5, 5.41) is 30.1. The number of rotatable bonds is 9. The highest BCUT2D eigenvalue weighted by molar-refractivity contribution is 5.76. The summed E-state index contributed by atoms with van der Waals surface area (Å²) in [5.74, 6) is -14.1. The Morgan fingerprint density at radius 2 is 1.77 bits per heavy atom. The van der Waals surface area contributed by atoms with Gasteiger partial charge in [0.05, 0.1) is 12.5 Å². The lowest BCUT2D eigenvalue weighted by Gasteiger charge is -2.34. The van der Waals surface area contributed by atoms with Crippen LogP contribution >= 0.6 is 0 Å². The van der Waals surface area contributed by atoms with Crippen molar-refractivity contribution >= 4 is 5.97 Å². The Kier molecular flexibility index (Phi) is 9.58. The zero-order valence-corrected chi connectivity index (χ0v) is 16.3. The second-order valence-corrected chi connectivity index (χ2v) is 7.19. The summed E-state index contributed by atoms with van der Waals surface area (Å²) in [4.78, 5) is 11.5. The maximum atomic E-state index is 14.4. The van der Waals surface area contributed by atoms with Crippen LogP contribution in [0.3, 0.4) is 0 Å². The number of ether oxygens (including phenoxy) is 1. The molecule has 1 fully saturated rings. The van der Waals surface area contributed by atoms with Crippen molar-refractivity contribution in [2.45, 2.75) is 81.7 Å². The van der Waals surface area contributed by atoms with Crippen LogP contribution in [0.5, 0.6) is 0 Å². The first-order valence-electron chi connectivity index (χ1n) is 9.49. The summed E-state index contributed by atoms with van der Waals surface area (Å²) < 4.78 is 85.6. The van der Waals surface area contributed by atoms with Gasteiger partial charge in [0, 0.05) is 0 Å². The molecule has 0 bridgehead atoms. The minimum absolute atomic E-state index is 0.0753. The van der Waals surface area contributed by atoms with Gasteiger partial charge >= 0.3 is 24.2 Å². The normalized spacial score (nSPS) is 24.3. The third-order valence-electron chi connectivity index (χ3n) is 5.07. The summed E-state index contributed by atoms with van der Waals surface area (Å²) in [6.45, 7) is 1.37. The zero-order valence-electron chi connectivity index (χ0n) is 16.3. The van der Waals surface area contributed by atoms with E-state index in [9.17, 15) is 46.5 Å². The van der Waals surface area contributed by atoms with E-state index in [0.29, 0.717) is 12.5 Å². The van der Waals surface area contributed by atoms with Crippen molar-refractivity contribution in [3.8, 4) is 0 Å². The zero-order chi connectivity index (χ0) is 23.3. The molecule has 6 nitrogen and oxygen atoms in total. The van der Waals surface area contributed by atoms with Crippen LogP contribution in [0.1, 0.15) is 39.0 Å². The highest BCUT2D eigenvalue weighted by atomic mass is 19.3. The molecule has 1 rings (SSSR count). The molecule has 0 spiro atoms. The molecule has 0 heterocycles. The molecule has 1 saturated carbocycles. The van der Waals surface area contributed by atoms with Gasteiger partial charge in [-0.25, -0.2) is 8.78 Å². The smallest absolute Gasteiger partial charge is 0.369 e. The number of aliphatic hydroxyl groups is 3. The maximum absolute atomic E-state index is 14.4. The van der Waals surface area contributed by atoms with Crippen LogP contribution in [0.2, 0.25) is 0 Å². The Morgan fingerprint density at radius 3 is 2.30 bits per heavy atom. The van der Waals surface area contributed by atoms with Crippen molar-refractivity contribution in [2.24, 2.45) is 11.7 Å². The summed E-state index contributed by atoms with van der Waals surface area (Å²) in [5.41, 5.74) is 4.97. The van der Waals surface area contributed by atoms with Gasteiger partial charge in [0.1, 0.15) is 24.4 Å². The molecule has 0 radical (unpaired) electrons. The van der Waals surface area contributed by atoms with Crippen LogP contribution in [0.15, 0.2) is 11.6 Å². The predicted octanol–water partition coefficient (Wildman–Crippen LogP) is 2.00. The molecular formula is C18H27F6NO5. The first-order chi connectivity index (χ1) is 13.8. The third-order valence-corrected chi connectivity index (χ3v) is 5.07. The van der Waals surface area contributed by atoms with E-state index in [-0.39, 0.29) is 25.9 Å². The maximum Gasteiger partial charge on any atom is 0.369 e. The Labute approximate surface area is 169 Å². The van der Waals surface area contributed by atoms with E-state index in [1.165, 1.54) is 6.92 Å². The van der Waals surface area contributed by atoms with Gasteiger partial charge in [-0.2, -0.15) is 17.6 Å². The third kappa shape index (κ3) is 5.86. The molecule has 12 heteroatoms. The van der Waals surface area contributed by atoms with Crippen LogP contribution in [-0.4, -0.2) is 70.5 Å². The number of nitrogens with two attached hydrogens (primary N) is 1. The number of hydrogen-bond acceptors (Lipinski definition) is 6. The van der Waals surface area contributed by atoms with Crippen molar-refractivity contribution in [2.75, 3.05) is 6.61 Å². The van der Waals surface area contributed by atoms with E-state index in [0.717, 1.165) is 0 Å². The van der Waals surface area contributed by atoms with Crippen molar-refractivity contribution in [1.82, 2.24) is 0 Å². The van der Waals surface area contributed by atoms with Crippen LogP contribution in [-0.2, 0) is 9.53 Å². The molecule has 0 aliphatic heterocycles. The van der Waals surface area contributed by atoms with Gasteiger partial charge in [0.25, 0.3) is 0 Å². The Bertz CT molecular complexity index is 604. The largest absolute Gasteiger partial charge is 0.465 e. The van der Waals surface area contributed by atoms with Crippen molar-refractivity contribution < 1.29 is 51.2 Å². The average molecular weight is 451 g/mol. The van der Waals surface area contributed by atoms with Crippen molar-refractivity contribution in [3.63, 3.8) is 0 Å². The molecule has 5 N–H and O–H groups in total. The number of allylic oxidation sites excluding steroid dienone is 1. The SMILES string of the molecule is CCOC(=O)C(N)C(O)C(O)C(O)/C=C1/CCCCCC1C(F)(F)C(F)(F)C(F)F. The molecule has 0 saturated heterocycles. The summed E-state index contributed by atoms with van der Waals surface area (Å²) in [6.07, 6.45) is -10.3. The molecule has 5 atom stereocenters. The molecule has 176 valence electrons. The van der Waals surface area contributed by atoms with Crippen LogP contribution < -0.4 is 5.73 Å². The monoisotopic (exact) mass is 451 g/mol. The second kappa shape index (κ2) is 10.8. The predicted molar refractivity (Wildman–Crippen MR) is 93.2 cm³/mol. The molecule has 0 amide bonds. The average Bonchev–Trinajstić information content (AvgIpc) is 2.91. The first-order valence-corrected chi connectivity index (χ1v) is 9.49. The summed E-state index contributed by atoms with van der Waals surface area (Å²) in [6, 6.07) is -1.78. The lowest BCUT2D eigenvalue weighted by molar-refractivity contribution is -0.280. The molecule has 30 heavy (non-hydrogen) atoms. The Balaban J connectivity index is 3.15. The molecule has 5 unspecified atom stereocenters. The fourth-order valence-corrected chi connectivity index (χ4v) is 3.32. The van der Waals surface area contributed by atoms with Gasteiger partial charge in [0.15, 0.2) is 0 Å². The van der Waals surface area contributed by atoms with Gasteiger partial charge in [-0.05, 0) is 26.2 Å². The molecule has 0 aromatic carbocycles. The lowest BCUT2D eigenvalue weighted by Crippen LogP contribution is -2.53. The number of carbonyl (C=O) groups excluding carboxylic acids is 1. The number of hydrogen-bond donors (Lipinski definition) is 4. The van der Waals surface area contributed by atoms with Crippen LogP contribution in [0.25, 0.3) is 0 Å². The van der Waals surface area contributed by atoms with Gasteiger partial charge < -0.3 is 25.8 Å². The number of halogens is 6. The van der Waals surface area contributed by atoms with E-state index in [4.69, 9.17) is 5.73 Å². The van der Waals surface area contributed by atoms with Crippen LogP contribution in [0, 0.1) is 5.92 Å². The minimum atomic E-state index is -5.60. The standard InChI is InChI=1S/C18H27F6NO5/c1-2-30-15(29)12(25)14(28)13(27)11(26)8-9-6-4-3-5-7-10(9)17(21,22)18(23,24)16(19)20/h8,10-14,16,26-28H,2-7,25H2,1H3/b9-8-. The van der Waals surface area contributed by atoms with E-state index >= 15 is 0 Å². The molecule has 0 aromatic rings. The topological polar surface area (TPSA) is 113 Å². The van der Waals surface area contributed by atoms with Gasteiger partial charge in [-0.1, -0.05) is 24.5 Å². The molecule has 1 aliphatic rings. The Hall–Kier alpha value is -1.37. The molecule has 0 aromatic heterocycles. The molecular weight excluding hydrogens is 424 g/mol. The number of aliphatic hydroxyl groups excluding tert-OH is 3. The fraction of sp³-hybridized carbons (Fsp3) is 0.833. The second-order valence-electron chi connectivity index (χ2n) is 7.19. The number of esters is 1. The quantitative estimate of drug-likeness (QED) is 0.185. The van der Waals surface area contributed by atoms with Gasteiger partial charge in [0.2, 0.25) is 0 Å². The van der Waals surface area contributed by atoms with Gasteiger partial charge in [-0.15, -0.1) is 0 Å². The lowest BCUT2D eigenvalue weighted by atomic mass is 9.83. The Morgan fingerprint density at radius 1 is 1.17 bits per heavy atom.